The fraction of sp³-hybridized carbons (Fsp3) is 0.0800. The number of hydrogen-bond acceptors (Lipinski definition) is 5. The zero-order valence-electron chi connectivity index (χ0n) is 18.2. The van der Waals surface area contributed by atoms with Gasteiger partial charge in [-0.1, -0.05) is 59.6 Å². The minimum absolute atomic E-state index is 0.0928. The van der Waals surface area contributed by atoms with Crippen molar-refractivity contribution >= 4 is 80.0 Å². The molecule has 3 aromatic rings. The zero-order valence-corrected chi connectivity index (χ0v) is 22.1. The van der Waals surface area contributed by atoms with Crippen molar-refractivity contribution in [3.63, 3.8) is 0 Å². The third kappa shape index (κ3) is 5.36. The van der Waals surface area contributed by atoms with Crippen LogP contribution < -0.4 is 19.7 Å². The summed E-state index contributed by atoms with van der Waals surface area (Å²) in [6, 6.07) is 17.9. The summed E-state index contributed by atoms with van der Waals surface area (Å²) in [4.78, 5) is 27.1. The van der Waals surface area contributed by atoms with Crippen molar-refractivity contribution in [1.29, 1.82) is 0 Å². The summed E-state index contributed by atoms with van der Waals surface area (Å²) < 4.78 is 12.0. The molecule has 1 aliphatic rings. The minimum atomic E-state index is -0.637. The van der Waals surface area contributed by atoms with Crippen molar-refractivity contribution in [1.82, 2.24) is 5.32 Å². The number of hydrogen-bond donors (Lipinski definition) is 1. The molecule has 4 rings (SSSR count). The van der Waals surface area contributed by atoms with E-state index in [4.69, 9.17) is 44.9 Å². The van der Waals surface area contributed by atoms with Crippen LogP contribution in [-0.2, 0) is 16.2 Å². The molecule has 0 spiro atoms. The van der Waals surface area contributed by atoms with E-state index in [1.165, 1.54) is 13.2 Å². The smallest absolute Gasteiger partial charge is 0.270 e. The lowest BCUT2D eigenvalue weighted by Gasteiger charge is -2.29. The molecule has 1 N–H and O–H groups in total. The van der Waals surface area contributed by atoms with Gasteiger partial charge in [-0.05, 0) is 69.6 Å². The summed E-state index contributed by atoms with van der Waals surface area (Å²) in [5, 5.41) is 2.83. The predicted molar refractivity (Wildman–Crippen MR) is 144 cm³/mol. The summed E-state index contributed by atoms with van der Waals surface area (Å²) >= 11 is 21.1. The van der Waals surface area contributed by atoms with Crippen molar-refractivity contribution in [2.24, 2.45) is 0 Å². The van der Waals surface area contributed by atoms with Crippen LogP contribution in [-0.4, -0.2) is 24.0 Å². The van der Waals surface area contributed by atoms with E-state index in [0.717, 1.165) is 10.5 Å². The van der Waals surface area contributed by atoms with Crippen LogP contribution >= 0.6 is 51.3 Å². The molecule has 0 bridgehead atoms. The summed E-state index contributed by atoms with van der Waals surface area (Å²) in [7, 11) is 1.51. The Morgan fingerprint density at radius 3 is 2.54 bits per heavy atom. The third-order valence-electron chi connectivity index (χ3n) is 5.06. The van der Waals surface area contributed by atoms with Gasteiger partial charge in [0.1, 0.15) is 12.2 Å². The van der Waals surface area contributed by atoms with E-state index in [1.54, 1.807) is 30.3 Å². The number of ether oxygens (including phenoxy) is 2. The number of carbonyl (C=O) groups is 2. The maximum atomic E-state index is 13.3. The first-order valence-electron chi connectivity index (χ1n) is 10.2. The Balaban J connectivity index is 1.67. The van der Waals surface area contributed by atoms with E-state index in [9.17, 15) is 9.59 Å². The van der Waals surface area contributed by atoms with Crippen LogP contribution in [0.1, 0.15) is 11.1 Å². The topological polar surface area (TPSA) is 67.9 Å². The van der Waals surface area contributed by atoms with E-state index in [0.29, 0.717) is 28.1 Å². The average Bonchev–Trinajstić information content (AvgIpc) is 2.84. The quantitative estimate of drug-likeness (QED) is 0.211. The number of nitrogens with zero attached hydrogens (tertiary/aromatic N) is 1. The second-order valence-electron chi connectivity index (χ2n) is 7.34. The molecule has 0 atom stereocenters. The number of rotatable bonds is 6. The molecule has 178 valence electrons. The number of halogens is 3. The lowest BCUT2D eigenvalue weighted by atomic mass is 10.1. The monoisotopic (exact) mass is 590 g/mol. The van der Waals surface area contributed by atoms with E-state index < -0.39 is 11.8 Å². The van der Waals surface area contributed by atoms with Crippen LogP contribution in [0.5, 0.6) is 11.5 Å². The maximum Gasteiger partial charge on any atom is 0.270 e. The Labute approximate surface area is 225 Å². The lowest BCUT2D eigenvalue weighted by molar-refractivity contribution is -0.122. The van der Waals surface area contributed by atoms with Gasteiger partial charge >= 0.3 is 0 Å². The van der Waals surface area contributed by atoms with E-state index in [2.05, 4.69) is 21.2 Å². The fourth-order valence-corrected chi connectivity index (χ4v) is 4.63. The van der Waals surface area contributed by atoms with Gasteiger partial charge < -0.3 is 9.47 Å². The molecule has 1 saturated heterocycles. The van der Waals surface area contributed by atoms with Gasteiger partial charge in [0, 0.05) is 0 Å². The molecule has 0 radical (unpaired) electrons. The Hall–Kier alpha value is -2.91. The summed E-state index contributed by atoms with van der Waals surface area (Å²) in [5.41, 5.74) is 1.65. The highest BCUT2D eigenvalue weighted by Gasteiger charge is 2.35. The van der Waals surface area contributed by atoms with Crippen molar-refractivity contribution < 1.29 is 19.1 Å². The molecule has 1 heterocycles. The van der Waals surface area contributed by atoms with Gasteiger partial charge in [0.15, 0.2) is 16.6 Å². The number of nitrogens with one attached hydrogen (secondary N) is 1. The number of amides is 2. The maximum absolute atomic E-state index is 13.3. The Bertz CT molecular complexity index is 1370. The zero-order chi connectivity index (χ0) is 25.1. The number of thiocarbonyl (C=S) groups is 1. The van der Waals surface area contributed by atoms with E-state index >= 15 is 0 Å². The number of anilines is 1. The molecule has 1 fully saturated rings. The van der Waals surface area contributed by atoms with Crippen LogP contribution in [0.3, 0.4) is 0 Å². The molecule has 0 aliphatic carbocycles. The molecular weight excluding hydrogens is 575 g/mol. The second kappa shape index (κ2) is 10.8. The fourth-order valence-electron chi connectivity index (χ4n) is 3.40. The molecule has 0 saturated carbocycles. The number of methoxy groups -OCH3 is 1. The molecule has 2 amide bonds. The second-order valence-corrected chi connectivity index (χ2v) is 9.37. The Morgan fingerprint density at radius 2 is 1.83 bits per heavy atom. The molecule has 1 aliphatic heterocycles. The SMILES string of the molecule is COc1cc(/C=C2\C(=O)NC(=S)N(c3cccc(Cl)c3Cl)C2=O)cc(Br)c1OCc1ccccc1. The van der Waals surface area contributed by atoms with Gasteiger partial charge in [-0.15, -0.1) is 0 Å². The van der Waals surface area contributed by atoms with Gasteiger partial charge in [-0.3, -0.25) is 19.8 Å². The Morgan fingerprint density at radius 1 is 1.09 bits per heavy atom. The average molecular weight is 592 g/mol. The standard InChI is InChI=1S/C25H17BrCl2N2O4S/c1-33-20-12-15(11-17(26)22(20)34-13-14-6-3-2-4-7-14)10-16-23(31)29-25(35)30(24(16)32)19-9-5-8-18(27)21(19)28/h2-12H,13H2,1H3,(H,29,31,35)/b16-10+. The van der Waals surface area contributed by atoms with Crippen molar-refractivity contribution in [2.75, 3.05) is 12.0 Å². The van der Waals surface area contributed by atoms with Gasteiger partial charge in [-0.25, -0.2) is 0 Å². The van der Waals surface area contributed by atoms with Gasteiger partial charge in [0.2, 0.25) is 0 Å². The van der Waals surface area contributed by atoms with Crippen LogP contribution in [0.2, 0.25) is 10.0 Å². The first-order chi connectivity index (χ1) is 16.8. The van der Waals surface area contributed by atoms with Crippen LogP contribution in [0, 0.1) is 0 Å². The molecular formula is C25H17BrCl2N2O4S. The summed E-state index contributed by atoms with van der Waals surface area (Å²) in [6.07, 6.45) is 1.44. The predicted octanol–water partition coefficient (Wildman–Crippen LogP) is 6.17. The van der Waals surface area contributed by atoms with Gasteiger partial charge in [0.05, 0.1) is 27.3 Å². The molecule has 6 nitrogen and oxygen atoms in total. The Kier molecular flexibility index (Phi) is 7.76. The highest BCUT2D eigenvalue weighted by molar-refractivity contribution is 9.10. The van der Waals surface area contributed by atoms with Crippen molar-refractivity contribution in [3.05, 3.63) is 91.9 Å². The first-order valence-corrected chi connectivity index (χ1v) is 12.2. The molecule has 10 heteroatoms. The third-order valence-corrected chi connectivity index (χ3v) is 6.75. The first kappa shape index (κ1) is 25.2. The normalized spacial score (nSPS) is 14.8. The van der Waals surface area contributed by atoms with E-state index in [-0.39, 0.29) is 26.4 Å². The molecule has 0 aromatic heterocycles. The highest BCUT2D eigenvalue weighted by atomic mass is 79.9. The van der Waals surface area contributed by atoms with Crippen molar-refractivity contribution in [2.45, 2.75) is 6.61 Å². The number of benzene rings is 3. The highest BCUT2D eigenvalue weighted by Crippen LogP contribution is 2.38. The molecule has 35 heavy (non-hydrogen) atoms. The lowest BCUT2D eigenvalue weighted by Crippen LogP contribution is -2.54. The van der Waals surface area contributed by atoms with Crippen LogP contribution in [0.15, 0.2) is 70.7 Å². The molecule has 3 aromatic carbocycles. The molecule has 0 unspecified atom stereocenters. The van der Waals surface area contributed by atoms with Gasteiger partial charge in [-0.2, -0.15) is 0 Å². The van der Waals surface area contributed by atoms with Crippen LogP contribution in [0.4, 0.5) is 5.69 Å². The largest absolute Gasteiger partial charge is 0.493 e. The van der Waals surface area contributed by atoms with Crippen molar-refractivity contribution in [3.8, 4) is 11.5 Å². The minimum Gasteiger partial charge on any atom is -0.493 e. The number of carbonyl (C=O) groups excluding carboxylic acids is 2. The summed E-state index contributed by atoms with van der Waals surface area (Å²) in [6.45, 7) is 0.337. The van der Waals surface area contributed by atoms with E-state index in [1.807, 2.05) is 30.3 Å². The van der Waals surface area contributed by atoms with Gasteiger partial charge in [0.25, 0.3) is 11.8 Å². The summed E-state index contributed by atoms with van der Waals surface area (Å²) in [5.74, 6) is -0.348. The van der Waals surface area contributed by atoms with Crippen LogP contribution in [0.25, 0.3) is 6.08 Å².